The molecule has 0 saturated carbocycles. The Morgan fingerprint density at radius 3 is 2.36 bits per heavy atom. The summed E-state index contributed by atoms with van der Waals surface area (Å²) < 4.78 is 5.64. The van der Waals surface area contributed by atoms with Crippen molar-refractivity contribution >= 4 is 17.3 Å². The number of amides is 1. The molecule has 28 heavy (non-hydrogen) atoms. The number of carbonyl (C=O) groups excluding carboxylic acids is 1. The lowest BCUT2D eigenvalue weighted by molar-refractivity contribution is 0.0946. The summed E-state index contributed by atoms with van der Waals surface area (Å²) in [4.78, 5) is 16.6. The van der Waals surface area contributed by atoms with Crippen molar-refractivity contribution in [1.82, 2.24) is 10.3 Å². The molecule has 0 aliphatic heterocycles. The monoisotopic (exact) mass is 375 g/mol. The standard InChI is InChI=1S/C23H25N3O2/c1-16(2)28-21-11-8-19(9-12-21)26-20-10-13-22(24-15-20)23(27)25-14-18-7-5-4-6-17(18)3/h4-13,15-16,26H,14H2,1-3H3,(H,25,27). The number of carbonyl (C=O) groups is 1. The second-order valence-corrected chi connectivity index (χ2v) is 6.86. The van der Waals surface area contributed by atoms with E-state index in [0.29, 0.717) is 12.2 Å². The van der Waals surface area contributed by atoms with Crippen molar-refractivity contribution in [2.75, 3.05) is 5.32 Å². The Morgan fingerprint density at radius 1 is 1.00 bits per heavy atom. The average molecular weight is 375 g/mol. The SMILES string of the molecule is Cc1ccccc1CNC(=O)c1ccc(Nc2ccc(OC(C)C)cc2)cn1. The lowest BCUT2D eigenvalue weighted by Crippen LogP contribution is -2.24. The van der Waals surface area contributed by atoms with Gasteiger partial charge in [0.25, 0.3) is 5.91 Å². The van der Waals surface area contributed by atoms with Crippen LogP contribution in [0.2, 0.25) is 0 Å². The van der Waals surface area contributed by atoms with E-state index in [4.69, 9.17) is 4.74 Å². The predicted molar refractivity (Wildman–Crippen MR) is 112 cm³/mol. The van der Waals surface area contributed by atoms with Crippen LogP contribution in [0, 0.1) is 6.92 Å². The maximum atomic E-state index is 12.3. The minimum atomic E-state index is -0.190. The number of pyridine rings is 1. The fourth-order valence-corrected chi connectivity index (χ4v) is 2.73. The minimum absolute atomic E-state index is 0.146. The van der Waals surface area contributed by atoms with Gasteiger partial charge in [-0.3, -0.25) is 4.79 Å². The van der Waals surface area contributed by atoms with Crippen LogP contribution in [0.5, 0.6) is 5.75 Å². The van der Waals surface area contributed by atoms with Gasteiger partial charge in [-0.05, 0) is 68.3 Å². The van der Waals surface area contributed by atoms with Crippen LogP contribution in [0.25, 0.3) is 0 Å². The Balaban J connectivity index is 1.57. The number of hydrogen-bond donors (Lipinski definition) is 2. The summed E-state index contributed by atoms with van der Waals surface area (Å²) in [5.74, 6) is 0.643. The molecule has 3 rings (SSSR count). The van der Waals surface area contributed by atoms with E-state index in [2.05, 4.69) is 15.6 Å². The molecule has 144 valence electrons. The third-order valence-electron chi connectivity index (χ3n) is 4.21. The van der Waals surface area contributed by atoms with Gasteiger partial charge in [-0.1, -0.05) is 24.3 Å². The number of ether oxygens (including phenoxy) is 1. The summed E-state index contributed by atoms with van der Waals surface area (Å²) in [6.45, 7) is 6.51. The van der Waals surface area contributed by atoms with Crippen molar-refractivity contribution in [2.24, 2.45) is 0 Å². The highest BCUT2D eigenvalue weighted by atomic mass is 16.5. The quantitative estimate of drug-likeness (QED) is 0.620. The summed E-state index contributed by atoms with van der Waals surface area (Å²) in [6.07, 6.45) is 1.80. The molecule has 1 heterocycles. The fraction of sp³-hybridized carbons (Fsp3) is 0.217. The van der Waals surface area contributed by atoms with Crippen LogP contribution in [0.4, 0.5) is 11.4 Å². The molecule has 1 amide bonds. The number of aryl methyl sites for hydroxylation is 1. The lowest BCUT2D eigenvalue weighted by atomic mass is 10.1. The van der Waals surface area contributed by atoms with E-state index >= 15 is 0 Å². The zero-order chi connectivity index (χ0) is 19.9. The van der Waals surface area contributed by atoms with Gasteiger partial charge in [0.1, 0.15) is 11.4 Å². The molecule has 5 nitrogen and oxygen atoms in total. The number of aromatic nitrogens is 1. The Morgan fingerprint density at radius 2 is 1.71 bits per heavy atom. The maximum Gasteiger partial charge on any atom is 0.270 e. The first-order valence-electron chi connectivity index (χ1n) is 9.34. The van der Waals surface area contributed by atoms with Crippen LogP contribution in [0.1, 0.15) is 35.5 Å². The second kappa shape index (κ2) is 9.04. The molecule has 1 aromatic heterocycles. The number of nitrogens with one attached hydrogen (secondary N) is 2. The molecule has 2 aromatic carbocycles. The summed E-state index contributed by atoms with van der Waals surface area (Å²) in [7, 11) is 0. The highest BCUT2D eigenvalue weighted by Crippen LogP contribution is 2.20. The van der Waals surface area contributed by atoms with Crippen LogP contribution >= 0.6 is 0 Å². The lowest BCUT2D eigenvalue weighted by Gasteiger charge is -2.11. The summed E-state index contributed by atoms with van der Waals surface area (Å²) in [5.41, 5.74) is 4.38. The maximum absolute atomic E-state index is 12.3. The molecule has 0 fully saturated rings. The van der Waals surface area contributed by atoms with Crippen LogP contribution in [0.3, 0.4) is 0 Å². The zero-order valence-electron chi connectivity index (χ0n) is 16.4. The molecule has 3 aromatic rings. The first kappa shape index (κ1) is 19.4. The number of anilines is 2. The van der Waals surface area contributed by atoms with Crippen LogP contribution in [0.15, 0.2) is 66.9 Å². The molecule has 0 spiro atoms. The topological polar surface area (TPSA) is 63.2 Å². The molecule has 0 saturated heterocycles. The summed E-state index contributed by atoms with van der Waals surface area (Å²) in [6, 6.07) is 19.3. The van der Waals surface area contributed by atoms with Gasteiger partial charge in [0.2, 0.25) is 0 Å². The van der Waals surface area contributed by atoms with E-state index in [9.17, 15) is 4.79 Å². The van der Waals surface area contributed by atoms with E-state index in [1.54, 1.807) is 12.3 Å². The van der Waals surface area contributed by atoms with Crippen molar-refractivity contribution in [3.05, 3.63) is 83.7 Å². The van der Waals surface area contributed by atoms with Crippen LogP contribution in [-0.4, -0.2) is 17.0 Å². The van der Waals surface area contributed by atoms with Gasteiger partial charge in [0.15, 0.2) is 0 Å². The van der Waals surface area contributed by atoms with Crippen molar-refractivity contribution in [3.63, 3.8) is 0 Å². The van der Waals surface area contributed by atoms with Gasteiger partial charge in [-0.15, -0.1) is 0 Å². The molecular formula is C23H25N3O2. The van der Waals surface area contributed by atoms with Gasteiger partial charge < -0.3 is 15.4 Å². The Bertz CT molecular complexity index is 919. The summed E-state index contributed by atoms with van der Waals surface area (Å²) in [5, 5.41) is 6.18. The smallest absolute Gasteiger partial charge is 0.270 e. The molecule has 0 radical (unpaired) electrons. The van der Waals surface area contributed by atoms with E-state index in [1.807, 2.05) is 75.4 Å². The van der Waals surface area contributed by atoms with Crippen LogP contribution in [-0.2, 0) is 6.54 Å². The molecule has 0 bridgehead atoms. The van der Waals surface area contributed by atoms with Crippen molar-refractivity contribution in [1.29, 1.82) is 0 Å². The Hall–Kier alpha value is -3.34. The van der Waals surface area contributed by atoms with Gasteiger partial charge >= 0.3 is 0 Å². The Labute approximate surface area is 165 Å². The first-order chi connectivity index (χ1) is 13.5. The van der Waals surface area contributed by atoms with Crippen molar-refractivity contribution in [2.45, 2.75) is 33.4 Å². The fourth-order valence-electron chi connectivity index (χ4n) is 2.73. The average Bonchev–Trinajstić information content (AvgIpc) is 2.69. The third-order valence-corrected chi connectivity index (χ3v) is 4.21. The van der Waals surface area contributed by atoms with E-state index < -0.39 is 0 Å². The zero-order valence-corrected chi connectivity index (χ0v) is 16.4. The molecule has 2 N–H and O–H groups in total. The van der Waals surface area contributed by atoms with Gasteiger partial charge in [-0.25, -0.2) is 4.98 Å². The number of benzene rings is 2. The number of nitrogens with zero attached hydrogens (tertiary/aromatic N) is 1. The molecule has 0 unspecified atom stereocenters. The first-order valence-corrected chi connectivity index (χ1v) is 9.34. The molecule has 0 atom stereocenters. The highest BCUT2D eigenvalue weighted by molar-refractivity contribution is 5.92. The van der Waals surface area contributed by atoms with E-state index in [0.717, 1.165) is 28.3 Å². The Kier molecular flexibility index (Phi) is 6.27. The van der Waals surface area contributed by atoms with Gasteiger partial charge in [0.05, 0.1) is 18.0 Å². The molecule has 0 aliphatic carbocycles. The normalized spacial score (nSPS) is 10.6. The largest absolute Gasteiger partial charge is 0.491 e. The van der Waals surface area contributed by atoms with E-state index in [-0.39, 0.29) is 12.0 Å². The number of rotatable bonds is 7. The number of hydrogen-bond acceptors (Lipinski definition) is 4. The molecular weight excluding hydrogens is 350 g/mol. The third kappa shape index (κ3) is 5.33. The van der Waals surface area contributed by atoms with Gasteiger partial charge in [-0.2, -0.15) is 0 Å². The van der Waals surface area contributed by atoms with Gasteiger partial charge in [0, 0.05) is 12.2 Å². The predicted octanol–water partition coefficient (Wildman–Crippen LogP) is 4.85. The molecule has 0 aliphatic rings. The van der Waals surface area contributed by atoms with Crippen molar-refractivity contribution in [3.8, 4) is 5.75 Å². The second-order valence-electron chi connectivity index (χ2n) is 6.86. The summed E-state index contributed by atoms with van der Waals surface area (Å²) >= 11 is 0. The highest BCUT2D eigenvalue weighted by Gasteiger charge is 2.08. The van der Waals surface area contributed by atoms with Crippen LogP contribution < -0.4 is 15.4 Å². The van der Waals surface area contributed by atoms with Crippen molar-refractivity contribution < 1.29 is 9.53 Å². The van der Waals surface area contributed by atoms with E-state index in [1.165, 1.54) is 0 Å². The minimum Gasteiger partial charge on any atom is -0.491 e. The molecule has 5 heteroatoms.